The minimum Gasteiger partial charge on any atom is -0.494 e. The molecule has 21 heavy (non-hydrogen) atoms. The summed E-state index contributed by atoms with van der Waals surface area (Å²) in [6.07, 6.45) is 6.34. The Bertz CT molecular complexity index is 402. The average molecular weight is 312 g/mol. The number of ether oxygens (including phenoxy) is 2. The van der Waals surface area contributed by atoms with Crippen molar-refractivity contribution < 1.29 is 14.3 Å². The number of amides is 1. The molecule has 0 spiro atoms. The van der Waals surface area contributed by atoms with Crippen LogP contribution in [-0.4, -0.2) is 60.7 Å². The maximum atomic E-state index is 12.2. The zero-order valence-electron chi connectivity index (χ0n) is 12.4. The van der Waals surface area contributed by atoms with E-state index in [1.807, 2.05) is 11.8 Å². The molecule has 0 aromatic rings. The lowest BCUT2D eigenvalue weighted by molar-refractivity contribution is -0.123. The topological polar surface area (TPSA) is 50.8 Å². The molecule has 0 atom stereocenters. The van der Waals surface area contributed by atoms with Gasteiger partial charge in [0.15, 0.2) is 0 Å². The van der Waals surface area contributed by atoms with E-state index in [4.69, 9.17) is 9.47 Å². The van der Waals surface area contributed by atoms with Crippen LogP contribution in [0.3, 0.4) is 0 Å². The summed E-state index contributed by atoms with van der Waals surface area (Å²) < 4.78 is 10.5. The monoisotopic (exact) mass is 312 g/mol. The molecule has 0 unspecified atom stereocenters. The first-order valence-corrected chi connectivity index (χ1v) is 9.01. The number of carbonyl (C=O) groups is 1. The van der Waals surface area contributed by atoms with Crippen LogP contribution in [0.15, 0.2) is 12.0 Å². The molecule has 3 aliphatic rings. The highest BCUT2D eigenvalue weighted by molar-refractivity contribution is 7.99. The van der Waals surface area contributed by atoms with Crippen LogP contribution in [0, 0.1) is 0 Å². The van der Waals surface area contributed by atoms with Crippen LogP contribution in [0.4, 0.5) is 0 Å². The van der Waals surface area contributed by atoms with E-state index < -0.39 is 0 Å². The van der Waals surface area contributed by atoms with Crippen LogP contribution >= 0.6 is 11.8 Å². The molecule has 0 aromatic heterocycles. The molecule has 1 aliphatic carbocycles. The molecule has 1 saturated carbocycles. The van der Waals surface area contributed by atoms with Crippen molar-refractivity contribution in [3.05, 3.63) is 12.0 Å². The Morgan fingerprint density at radius 2 is 2.05 bits per heavy atom. The summed E-state index contributed by atoms with van der Waals surface area (Å²) in [5.74, 6) is 2.58. The van der Waals surface area contributed by atoms with E-state index in [0.29, 0.717) is 19.0 Å². The third kappa shape index (κ3) is 3.48. The first kappa shape index (κ1) is 15.0. The quantitative estimate of drug-likeness (QED) is 0.849. The normalized spacial score (nSPS) is 25.6. The summed E-state index contributed by atoms with van der Waals surface area (Å²) in [5.41, 5.74) is 0.159. The largest absolute Gasteiger partial charge is 0.494 e. The van der Waals surface area contributed by atoms with Crippen molar-refractivity contribution in [2.45, 2.75) is 31.2 Å². The fourth-order valence-corrected chi connectivity index (χ4v) is 4.40. The predicted molar refractivity (Wildman–Crippen MR) is 83.1 cm³/mol. The van der Waals surface area contributed by atoms with Crippen molar-refractivity contribution in [1.82, 2.24) is 10.2 Å². The summed E-state index contributed by atoms with van der Waals surface area (Å²) in [5, 5.41) is 3.07. The van der Waals surface area contributed by atoms with E-state index in [9.17, 15) is 4.79 Å². The van der Waals surface area contributed by atoms with Gasteiger partial charge in [-0.1, -0.05) is 12.8 Å². The maximum absolute atomic E-state index is 12.2. The molecule has 0 bridgehead atoms. The fourth-order valence-electron chi connectivity index (χ4n) is 3.49. The molecule has 6 heteroatoms. The van der Waals surface area contributed by atoms with Gasteiger partial charge in [-0.15, -0.1) is 0 Å². The molecular formula is C15H24N2O3S. The van der Waals surface area contributed by atoms with Gasteiger partial charge in [-0.05, 0) is 12.8 Å². The molecule has 118 valence electrons. The molecular weight excluding hydrogens is 288 g/mol. The Hall–Kier alpha value is -0.880. The molecule has 2 heterocycles. The first-order valence-electron chi connectivity index (χ1n) is 7.86. The Labute approximate surface area is 130 Å². The number of nitrogens with zero attached hydrogens (tertiary/aromatic N) is 1. The zero-order valence-corrected chi connectivity index (χ0v) is 13.3. The molecule has 2 aliphatic heterocycles. The number of rotatable bonds is 4. The Morgan fingerprint density at radius 3 is 2.71 bits per heavy atom. The minimum atomic E-state index is -0.146. The van der Waals surface area contributed by atoms with Crippen molar-refractivity contribution in [2.75, 3.05) is 44.4 Å². The van der Waals surface area contributed by atoms with E-state index in [1.165, 1.54) is 43.5 Å². The Morgan fingerprint density at radius 1 is 1.29 bits per heavy atom. The van der Waals surface area contributed by atoms with Crippen LogP contribution in [0.25, 0.3) is 0 Å². The first-order chi connectivity index (χ1) is 10.3. The predicted octanol–water partition coefficient (Wildman–Crippen LogP) is 1.35. The molecule has 1 saturated heterocycles. The standard InChI is InChI=1S/C15H24N2O3S/c18-14(13-11-19-7-8-20-13)16-12-15(3-1-2-4-15)17-5-9-21-10-6-17/h11H,1-10,12H2,(H,16,18). The number of nitrogens with one attached hydrogen (secondary N) is 1. The second-order valence-corrected chi connectivity index (χ2v) is 7.14. The van der Waals surface area contributed by atoms with Gasteiger partial charge in [-0.2, -0.15) is 11.8 Å². The van der Waals surface area contributed by atoms with Gasteiger partial charge in [0.1, 0.15) is 19.5 Å². The van der Waals surface area contributed by atoms with E-state index in [1.54, 1.807) is 0 Å². The highest BCUT2D eigenvalue weighted by atomic mass is 32.2. The summed E-state index contributed by atoms with van der Waals surface area (Å²) >= 11 is 2.03. The van der Waals surface area contributed by atoms with Crippen LogP contribution in [-0.2, 0) is 14.3 Å². The van der Waals surface area contributed by atoms with Crippen molar-refractivity contribution in [3.63, 3.8) is 0 Å². The molecule has 5 nitrogen and oxygen atoms in total. The van der Waals surface area contributed by atoms with Gasteiger partial charge < -0.3 is 14.8 Å². The van der Waals surface area contributed by atoms with Gasteiger partial charge in [0.2, 0.25) is 5.76 Å². The molecule has 0 aromatic carbocycles. The van der Waals surface area contributed by atoms with Gasteiger partial charge >= 0.3 is 0 Å². The van der Waals surface area contributed by atoms with Crippen molar-refractivity contribution >= 4 is 17.7 Å². The van der Waals surface area contributed by atoms with Gasteiger partial charge in [0, 0.05) is 36.7 Å². The molecule has 1 amide bonds. The minimum absolute atomic E-state index is 0.146. The lowest BCUT2D eigenvalue weighted by Gasteiger charge is -2.43. The van der Waals surface area contributed by atoms with E-state index in [0.717, 1.165) is 19.6 Å². The van der Waals surface area contributed by atoms with E-state index >= 15 is 0 Å². The Balaban J connectivity index is 1.59. The second kappa shape index (κ2) is 6.92. The number of hydrogen-bond donors (Lipinski definition) is 1. The van der Waals surface area contributed by atoms with Gasteiger partial charge in [0.25, 0.3) is 5.91 Å². The third-order valence-corrected chi connectivity index (χ3v) is 5.61. The van der Waals surface area contributed by atoms with Gasteiger partial charge in [-0.25, -0.2) is 0 Å². The smallest absolute Gasteiger partial charge is 0.289 e. The number of thioether (sulfide) groups is 1. The fraction of sp³-hybridized carbons (Fsp3) is 0.800. The number of hydrogen-bond acceptors (Lipinski definition) is 5. The summed E-state index contributed by atoms with van der Waals surface area (Å²) in [6.45, 7) is 3.97. The lowest BCUT2D eigenvalue weighted by Crippen LogP contribution is -2.56. The molecule has 3 rings (SSSR count). The third-order valence-electron chi connectivity index (χ3n) is 4.67. The van der Waals surface area contributed by atoms with Crippen molar-refractivity contribution in [3.8, 4) is 0 Å². The van der Waals surface area contributed by atoms with Crippen molar-refractivity contribution in [2.24, 2.45) is 0 Å². The van der Waals surface area contributed by atoms with Gasteiger partial charge in [-0.3, -0.25) is 9.69 Å². The Kier molecular flexibility index (Phi) is 4.95. The van der Waals surface area contributed by atoms with E-state index in [2.05, 4.69) is 10.2 Å². The molecule has 2 fully saturated rings. The van der Waals surface area contributed by atoms with Crippen LogP contribution in [0.5, 0.6) is 0 Å². The van der Waals surface area contributed by atoms with Crippen LogP contribution < -0.4 is 5.32 Å². The second-order valence-electron chi connectivity index (χ2n) is 5.91. The zero-order chi connectivity index (χ0) is 14.5. The number of carbonyl (C=O) groups excluding carboxylic acids is 1. The van der Waals surface area contributed by atoms with Crippen LogP contribution in [0.2, 0.25) is 0 Å². The average Bonchev–Trinajstić information content (AvgIpc) is 3.04. The maximum Gasteiger partial charge on any atom is 0.289 e. The summed E-state index contributed by atoms with van der Waals surface area (Å²) in [6, 6.07) is 0. The summed E-state index contributed by atoms with van der Waals surface area (Å²) in [7, 11) is 0. The van der Waals surface area contributed by atoms with Gasteiger partial charge in [0.05, 0.1) is 0 Å². The molecule has 0 radical (unpaired) electrons. The van der Waals surface area contributed by atoms with Crippen LogP contribution in [0.1, 0.15) is 25.7 Å². The lowest BCUT2D eigenvalue weighted by atomic mass is 9.94. The molecule has 1 N–H and O–H groups in total. The highest BCUT2D eigenvalue weighted by Crippen LogP contribution is 2.36. The van der Waals surface area contributed by atoms with E-state index in [-0.39, 0.29) is 11.4 Å². The van der Waals surface area contributed by atoms with Crippen molar-refractivity contribution in [1.29, 1.82) is 0 Å². The SMILES string of the molecule is O=C(NCC1(N2CCSCC2)CCCC1)C1=COCCO1. The highest BCUT2D eigenvalue weighted by Gasteiger charge is 2.40. The summed E-state index contributed by atoms with van der Waals surface area (Å²) in [4.78, 5) is 14.8.